The van der Waals surface area contributed by atoms with E-state index in [2.05, 4.69) is 14.7 Å². The molecule has 2 heterocycles. The molecule has 1 aliphatic heterocycles. The molecule has 0 aliphatic carbocycles. The van der Waals surface area contributed by atoms with Crippen molar-refractivity contribution in [1.29, 1.82) is 0 Å². The summed E-state index contributed by atoms with van der Waals surface area (Å²) in [5.74, 6) is 0.161. The standard InChI is InChI=1S/C9H11N3O2S/c1-6(2)8-9-7(3-4-10-8)15(13,14)12-5-11-9/h3-6H,1-2H3,(H,11,12). The number of anilines is 1. The predicted molar refractivity (Wildman–Crippen MR) is 57.6 cm³/mol. The normalized spacial score (nSPS) is 17.3. The minimum absolute atomic E-state index is 0.161. The van der Waals surface area contributed by atoms with Gasteiger partial charge in [-0.15, -0.1) is 4.40 Å². The number of hydrogen-bond acceptors (Lipinski definition) is 4. The highest BCUT2D eigenvalue weighted by atomic mass is 32.2. The SMILES string of the molecule is CC(C)c1nccc2c1NC=NS2(=O)=O. The minimum Gasteiger partial charge on any atom is -0.343 e. The molecule has 0 saturated carbocycles. The van der Waals surface area contributed by atoms with Crippen LogP contribution in [0.2, 0.25) is 0 Å². The van der Waals surface area contributed by atoms with Crippen LogP contribution >= 0.6 is 0 Å². The Labute approximate surface area is 88.3 Å². The molecule has 1 aromatic rings. The van der Waals surface area contributed by atoms with Crippen molar-refractivity contribution < 1.29 is 8.42 Å². The van der Waals surface area contributed by atoms with Gasteiger partial charge >= 0.3 is 0 Å². The molecule has 5 nitrogen and oxygen atoms in total. The third-order valence-corrected chi connectivity index (χ3v) is 3.45. The van der Waals surface area contributed by atoms with Gasteiger partial charge in [-0.2, -0.15) is 8.42 Å². The lowest BCUT2D eigenvalue weighted by atomic mass is 10.1. The Kier molecular flexibility index (Phi) is 2.22. The molecule has 2 rings (SSSR count). The van der Waals surface area contributed by atoms with E-state index in [1.165, 1.54) is 18.6 Å². The summed E-state index contributed by atoms with van der Waals surface area (Å²) in [5.41, 5.74) is 1.28. The van der Waals surface area contributed by atoms with Crippen molar-refractivity contribution in [2.45, 2.75) is 24.7 Å². The Morgan fingerprint density at radius 3 is 2.80 bits per heavy atom. The Bertz CT molecular complexity index is 520. The molecule has 0 fully saturated rings. The highest BCUT2D eigenvalue weighted by Crippen LogP contribution is 2.31. The van der Waals surface area contributed by atoms with Crippen LogP contribution in [0.3, 0.4) is 0 Å². The van der Waals surface area contributed by atoms with Crippen LogP contribution in [-0.4, -0.2) is 19.7 Å². The average molecular weight is 225 g/mol. The molecular formula is C9H11N3O2S. The minimum atomic E-state index is -3.53. The summed E-state index contributed by atoms with van der Waals surface area (Å²) >= 11 is 0. The molecule has 0 aromatic carbocycles. The maximum atomic E-state index is 11.6. The van der Waals surface area contributed by atoms with Gasteiger partial charge in [-0.1, -0.05) is 13.8 Å². The van der Waals surface area contributed by atoms with Crippen molar-refractivity contribution in [3.05, 3.63) is 18.0 Å². The van der Waals surface area contributed by atoms with Crippen LogP contribution in [0, 0.1) is 0 Å². The lowest BCUT2D eigenvalue weighted by Gasteiger charge is -2.16. The topological polar surface area (TPSA) is 71.4 Å². The second-order valence-corrected chi connectivity index (χ2v) is 5.18. The Morgan fingerprint density at radius 1 is 1.40 bits per heavy atom. The number of nitrogens with zero attached hydrogens (tertiary/aromatic N) is 2. The first-order chi connectivity index (χ1) is 7.02. The lowest BCUT2D eigenvalue weighted by molar-refractivity contribution is 0.597. The van der Waals surface area contributed by atoms with Gasteiger partial charge in [0.05, 0.1) is 11.4 Å². The van der Waals surface area contributed by atoms with Gasteiger partial charge in [0.1, 0.15) is 11.2 Å². The summed E-state index contributed by atoms with van der Waals surface area (Å²) < 4.78 is 26.6. The number of fused-ring (bicyclic) bond motifs is 1. The van der Waals surface area contributed by atoms with Gasteiger partial charge < -0.3 is 5.32 Å². The number of nitrogens with one attached hydrogen (secondary N) is 1. The van der Waals surface area contributed by atoms with Crippen LogP contribution in [0.25, 0.3) is 0 Å². The summed E-state index contributed by atoms with van der Waals surface area (Å²) in [6, 6.07) is 1.46. The van der Waals surface area contributed by atoms with E-state index in [0.29, 0.717) is 5.69 Å². The van der Waals surface area contributed by atoms with E-state index in [9.17, 15) is 8.42 Å². The van der Waals surface area contributed by atoms with Gasteiger partial charge in [0.25, 0.3) is 10.0 Å². The maximum Gasteiger partial charge on any atom is 0.285 e. The fraction of sp³-hybridized carbons (Fsp3) is 0.333. The summed E-state index contributed by atoms with van der Waals surface area (Å²) in [6.07, 6.45) is 2.68. The first kappa shape index (κ1) is 10.1. The van der Waals surface area contributed by atoms with Crippen molar-refractivity contribution in [3.63, 3.8) is 0 Å². The van der Waals surface area contributed by atoms with Crippen molar-refractivity contribution in [2.24, 2.45) is 4.40 Å². The van der Waals surface area contributed by atoms with Crippen LogP contribution in [0.5, 0.6) is 0 Å². The van der Waals surface area contributed by atoms with E-state index in [4.69, 9.17) is 0 Å². The van der Waals surface area contributed by atoms with Gasteiger partial charge in [-0.3, -0.25) is 4.98 Å². The molecule has 0 radical (unpaired) electrons. The van der Waals surface area contributed by atoms with E-state index in [1.807, 2.05) is 13.8 Å². The molecule has 0 amide bonds. The molecule has 0 bridgehead atoms. The number of sulfonamides is 1. The van der Waals surface area contributed by atoms with E-state index in [1.54, 1.807) is 0 Å². The number of aromatic nitrogens is 1. The van der Waals surface area contributed by atoms with Gasteiger partial charge in [0.2, 0.25) is 0 Å². The molecule has 1 aliphatic rings. The fourth-order valence-corrected chi connectivity index (χ4v) is 2.43. The fourth-order valence-electron chi connectivity index (χ4n) is 1.47. The van der Waals surface area contributed by atoms with Crippen LogP contribution < -0.4 is 5.32 Å². The monoisotopic (exact) mass is 225 g/mol. The van der Waals surface area contributed by atoms with Crippen LogP contribution in [-0.2, 0) is 10.0 Å². The molecule has 1 aromatic heterocycles. The molecule has 80 valence electrons. The third kappa shape index (κ3) is 1.61. The summed E-state index contributed by atoms with van der Waals surface area (Å²) in [5, 5.41) is 2.83. The second-order valence-electron chi connectivity index (χ2n) is 3.58. The molecule has 15 heavy (non-hydrogen) atoms. The second kappa shape index (κ2) is 3.30. The van der Waals surface area contributed by atoms with Crippen LogP contribution in [0.15, 0.2) is 21.6 Å². The van der Waals surface area contributed by atoms with E-state index < -0.39 is 10.0 Å². The molecular weight excluding hydrogens is 214 g/mol. The van der Waals surface area contributed by atoms with Crippen molar-refractivity contribution in [2.75, 3.05) is 5.32 Å². The van der Waals surface area contributed by atoms with E-state index in [-0.39, 0.29) is 10.8 Å². The molecule has 0 unspecified atom stereocenters. The van der Waals surface area contributed by atoms with Crippen LogP contribution in [0.1, 0.15) is 25.5 Å². The zero-order valence-electron chi connectivity index (χ0n) is 8.43. The number of hydrogen-bond donors (Lipinski definition) is 1. The van der Waals surface area contributed by atoms with Gasteiger partial charge in [-0.05, 0) is 12.0 Å². The molecule has 0 atom stereocenters. The molecule has 6 heteroatoms. The number of rotatable bonds is 1. The zero-order valence-corrected chi connectivity index (χ0v) is 9.25. The molecule has 0 spiro atoms. The van der Waals surface area contributed by atoms with Crippen molar-refractivity contribution in [1.82, 2.24) is 4.98 Å². The molecule has 0 saturated heterocycles. The molecule has 1 N–H and O–H groups in total. The highest BCUT2D eigenvalue weighted by Gasteiger charge is 2.24. The summed E-state index contributed by atoms with van der Waals surface area (Å²) in [6.45, 7) is 3.92. The van der Waals surface area contributed by atoms with Gasteiger partial charge in [0, 0.05) is 6.20 Å². The smallest absolute Gasteiger partial charge is 0.285 e. The average Bonchev–Trinajstić information content (AvgIpc) is 2.16. The lowest BCUT2D eigenvalue weighted by Crippen LogP contribution is -2.14. The quantitative estimate of drug-likeness (QED) is 0.783. The van der Waals surface area contributed by atoms with Crippen LogP contribution in [0.4, 0.5) is 5.69 Å². The van der Waals surface area contributed by atoms with Gasteiger partial charge in [0.15, 0.2) is 0 Å². The van der Waals surface area contributed by atoms with Gasteiger partial charge in [-0.25, -0.2) is 0 Å². The summed E-state index contributed by atoms with van der Waals surface area (Å²) in [4.78, 5) is 4.37. The Morgan fingerprint density at radius 2 is 2.13 bits per heavy atom. The Hall–Kier alpha value is -1.43. The maximum absolute atomic E-state index is 11.6. The van der Waals surface area contributed by atoms with E-state index in [0.717, 1.165) is 5.69 Å². The zero-order chi connectivity index (χ0) is 11.1. The largest absolute Gasteiger partial charge is 0.343 e. The summed E-state index contributed by atoms with van der Waals surface area (Å²) in [7, 11) is -3.53. The van der Waals surface area contributed by atoms with Crippen molar-refractivity contribution in [3.8, 4) is 0 Å². The van der Waals surface area contributed by atoms with E-state index >= 15 is 0 Å². The Balaban J connectivity index is 2.71. The number of pyridine rings is 1. The highest BCUT2D eigenvalue weighted by molar-refractivity contribution is 7.90. The first-order valence-electron chi connectivity index (χ1n) is 4.56. The predicted octanol–water partition coefficient (Wildman–Crippen LogP) is 1.35. The first-order valence-corrected chi connectivity index (χ1v) is 6.00. The van der Waals surface area contributed by atoms with Crippen molar-refractivity contribution >= 4 is 22.0 Å². The third-order valence-electron chi connectivity index (χ3n) is 2.17.